The summed E-state index contributed by atoms with van der Waals surface area (Å²) in [6.45, 7) is 2.37. The normalized spacial score (nSPS) is 10.5. The Kier molecular flexibility index (Phi) is 4.98. The minimum atomic E-state index is -0.295. The lowest BCUT2D eigenvalue weighted by molar-refractivity contribution is 0.252. The smallest absolute Gasteiger partial charge is 0.319 e. The van der Waals surface area contributed by atoms with Crippen LogP contribution in [-0.4, -0.2) is 32.8 Å². The van der Waals surface area contributed by atoms with Crippen molar-refractivity contribution in [2.45, 2.75) is 13.3 Å². The van der Waals surface area contributed by atoms with Gasteiger partial charge in [-0.05, 0) is 65.2 Å². The number of carbonyl (C=O) groups is 1. The van der Waals surface area contributed by atoms with Crippen LogP contribution in [0.3, 0.4) is 0 Å². The summed E-state index contributed by atoms with van der Waals surface area (Å²) < 4.78 is 14.4. The highest BCUT2D eigenvalue weighted by Crippen LogP contribution is 2.17. The molecule has 0 saturated heterocycles. The first-order chi connectivity index (χ1) is 12.1. The molecule has 0 unspecified atom stereocenters. The number of rotatable bonds is 5. The summed E-state index contributed by atoms with van der Waals surface area (Å²) in [5.74, 6) is -0.269. The first-order valence-electron chi connectivity index (χ1n) is 7.75. The third-order valence-corrected chi connectivity index (χ3v) is 3.66. The second-order valence-electron chi connectivity index (χ2n) is 5.51. The summed E-state index contributed by atoms with van der Waals surface area (Å²) in [6.07, 6.45) is 2.14. The van der Waals surface area contributed by atoms with Crippen molar-refractivity contribution in [1.29, 1.82) is 0 Å². The minimum Gasteiger partial charge on any atom is -0.338 e. The largest absolute Gasteiger partial charge is 0.338 e. The second-order valence-corrected chi connectivity index (χ2v) is 5.51. The number of urea groups is 1. The van der Waals surface area contributed by atoms with Crippen LogP contribution in [0.15, 0.2) is 48.8 Å². The highest BCUT2D eigenvalue weighted by atomic mass is 19.1. The third-order valence-electron chi connectivity index (χ3n) is 3.66. The molecule has 128 valence electrons. The molecule has 0 radical (unpaired) electrons. The molecule has 8 heteroatoms. The van der Waals surface area contributed by atoms with Gasteiger partial charge in [0.25, 0.3) is 0 Å². The van der Waals surface area contributed by atoms with Crippen LogP contribution in [0.2, 0.25) is 0 Å². The highest BCUT2D eigenvalue weighted by molar-refractivity contribution is 5.89. The summed E-state index contributed by atoms with van der Waals surface area (Å²) in [6, 6.07) is 11.4. The number of benzene rings is 2. The van der Waals surface area contributed by atoms with Gasteiger partial charge in [0.1, 0.15) is 12.1 Å². The van der Waals surface area contributed by atoms with Gasteiger partial charge in [-0.1, -0.05) is 12.1 Å². The zero-order valence-electron chi connectivity index (χ0n) is 13.6. The fraction of sp³-hybridized carbons (Fsp3) is 0.176. The molecule has 0 spiro atoms. The highest BCUT2D eigenvalue weighted by Gasteiger charge is 2.06. The lowest BCUT2D eigenvalue weighted by Crippen LogP contribution is -2.30. The molecule has 25 heavy (non-hydrogen) atoms. The van der Waals surface area contributed by atoms with Gasteiger partial charge in [0.15, 0.2) is 0 Å². The molecule has 2 aromatic carbocycles. The third kappa shape index (κ3) is 4.37. The van der Waals surface area contributed by atoms with Crippen LogP contribution in [0.25, 0.3) is 5.69 Å². The molecular formula is C17H17FN6O. The van der Waals surface area contributed by atoms with Crippen molar-refractivity contribution in [3.63, 3.8) is 0 Å². The zero-order valence-corrected chi connectivity index (χ0v) is 13.6. The van der Waals surface area contributed by atoms with E-state index in [9.17, 15) is 9.18 Å². The SMILES string of the molecule is Cc1cc(NC(=O)NCCc2ccc(F)cc2)ccc1-n1cnnn1. The molecule has 3 rings (SSSR count). The number of aromatic nitrogens is 4. The van der Waals surface area contributed by atoms with Gasteiger partial charge >= 0.3 is 6.03 Å². The van der Waals surface area contributed by atoms with Crippen LogP contribution in [0, 0.1) is 12.7 Å². The number of carbonyl (C=O) groups excluding carboxylic acids is 1. The molecule has 0 saturated carbocycles. The van der Waals surface area contributed by atoms with Crippen molar-refractivity contribution >= 4 is 11.7 Å². The van der Waals surface area contributed by atoms with Gasteiger partial charge in [-0.15, -0.1) is 5.10 Å². The van der Waals surface area contributed by atoms with E-state index < -0.39 is 0 Å². The van der Waals surface area contributed by atoms with Gasteiger partial charge in [-0.3, -0.25) is 0 Å². The van der Waals surface area contributed by atoms with E-state index >= 15 is 0 Å². The number of nitrogens with one attached hydrogen (secondary N) is 2. The van der Waals surface area contributed by atoms with Gasteiger partial charge in [0.05, 0.1) is 5.69 Å². The van der Waals surface area contributed by atoms with E-state index in [-0.39, 0.29) is 11.8 Å². The molecule has 0 bridgehead atoms. The molecule has 2 N–H and O–H groups in total. The number of tetrazole rings is 1. The fourth-order valence-corrected chi connectivity index (χ4v) is 2.41. The molecule has 3 aromatic rings. The Hall–Kier alpha value is -3.29. The lowest BCUT2D eigenvalue weighted by atomic mass is 10.1. The first-order valence-corrected chi connectivity index (χ1v) is 7.75. The van der Waals surface area contributed by atoms with Crippen LogP contribution in [0.1, 0.15) is 11.1 Å². The van der Waals surface area contributed by atoms with Crippen LogP contribution >= 0.6 is 0 Å². The predicted octanol–water partition coefficient (Wildman–Crippen LogP) is 2.47. The molecule has 0 fully saturated rings. The van der Waals surface area contributed by atoms with Crippen molar-refractivity contribution in [1.82, 2.24) is 25.5 Å². The second kappa shape index (κ2) is 7.52. The Morgan fingerprint density at radius 3 is 2.68 bits per heavy atom. The number of halogens is 1. The van der Waals surface area contributed by atoms with Crippen LogP contribution in [0.5, 0.6) is 0 Å². The Labute approximate surface area is 143 Å². The molecule has 1 heterocycles. The summed E-state index contributed by atoms with van der Waals surface area (Å²) in [4.78, 5) is 12.0. The van der Waals surface area contributed by atoms with Gasteiger partial charge < -0.3 is 10.6 Å². The summed E-state index contributed by atoms with van der Waals surface area (Å²) >= 11 is 0. The summed E-state index contributed by atoms with van der Waals surface area (Å²) in [7, 11) is 0. The van der Waals surface area contributed by atoms with Crippen molar-refractivity contribution in [3.8, 4) is 5.69 Å². The topological polar surface area (TPSA) is 84.7 Å². The van der Waals surface area contributed by atoms with E-state index in [0.717, 1.165) is 16.8 Å². The minimum absolute atomic E-state index is 0.269. The Morgan fingerprint density at radius 1 is 1.20 bits per heavy atom. The number of anilines is 1. The Balaban J connectivity index is 1.52. The van der Waals surface area contributed by atoms with E-state index in [1.807, 2.05) is 19.1 Å². The summed E-state index contributed by atoms with van der Waals surface area (Å²) in [5.41, 5.74) is 3.40. The molecule has 7 nitrogen and oxygen atoms in total. The van der Waals surface area contributed by atoms with Crippen LogP contribution in [0.4, 0.5) is 14.9 Å². The van der Waals surface area contributed by atoms with Crippen LogP contribution < -0.4 is 10.6 Å². The Bertz CT molecular complexity index is 848. The standard InChI is InChI=1S/C17H17FN6O/c1-12-10-15(6-7-16(12)24-11-20-22-23-24)21-17(25)19-9-8-13-2-4-14(18)5-3-13/h2-7,10-11H,8-9H2,1H3,(H2,19,21,25). The van der Waals surface area contributed by atoms with E-state index in [2.05, 4.69) is 26.2 Å². The molecule has 0 aliphatic heterocycles. The predicted molar refractivity (Wildman–Crippen MR) is 91.0 cm³/mol. The quantitative estimate of drug-likeness (QED) is 0.747. The maximum Gasteiger partial charge on any atom is 0.319 e. The van der Waals surface area contributed by atoms with Crippen molar-refractivity contribution in [2.75, 3.05) is 11.9 Å². The van der Waals surface area contributed by atoms with Crippen molar-refractivity contribution in [2.24, 2.45) is 0 Å². The van der Waals surface area contributed by atoms with Crippen molar-refractivity contribution < 1.29 is 9.18 Å². The number of hydrogen-bond donors (Lipinski definition) is 2. The lowest BCUT2D eigenvalue weighted by Gasteiger charge is -2.10. The maximum atomic E-state index is 12.8. The van der Waals surface area contributed by atoms with Gasteiger partial charge in [0, 0.05) is 12.2 Å². The van der Waals surface area contributed by atoms with E-state index in [1.54, 1.807) is 22.9 Å². The molecule has 2 amide bonds. The number of hydrogen-bond acceptors (Lipinski definition) is 4. The number of nitrogens with zero attached hydrogens (tertiary/aromatic N) is 4. The fourth-order valence-electron chi connectivity index (χ4n) is 2.41. The monoisotopic (exact) mass is 340 g/mol. The van der Waals surface area contributed by atoms with Crippen LogP contribution in [-0.2, 0) is 6.42 Å². The number of amides is 2. The average molecular weight is 340 g/mol. The van der Waals surface area contributed by atoms with E-state index in [4.69, 9.17) is 0 Å². The Morgan fingerprint density at radius 2 is 2.00 bits per heavy atom. The van der Waals surface area contributed by atoms with Gasteiger partial charge in [-0.25, -0.2) is 13.9 Å². The average Bonchev–Trinajstić information content (AvgIpc) is 3.11. The number of aryl methyl sites for hydroxylation is 1. The molecule has 0 atom stereocenters. The first kappa shape index (κ1) is 16.6. The van der Waals surface area contributed by atoms with Crippen molar-refractivity contribution in [3.05, 3.63) is 65.7 Å². The summed E-state index contributed by atoms with van der Waals surface area (Å²) in [5, 5.41) is 16.6. The van der Waals surface area contributed by atoms with Gasteiger partial charge in [-0.2, -0.15) is 0 Å². The zero-order chi connectivity index (χ0) is 17.6. The molecule has 1 aromatic heterocycles. The van der Waals surface area contributed by atoms with Gasteiger partial charge in [0.2, 0.25) is 0 Å². The van der Waals surface area contributed by atoms with E-state index in [1.165, 1.54) is 18.5 Å². The molecular weight excluding hydrogens is 323 g/mol. The van der Waals surface area contributed by atoms with E-state index in [0.29, 0.717) is 18.7 Å². The molecule has 0 aliphatic carbocycles. The maximum absolute atomic E-state index is 12.8. The molecule has 0 aliphatic rings.